The lowest BCUT2D eigenvalue weighted by atomic mass is 9.97. The predicted molar refractivity (Wildman–Crippen MR) is 96.9 cm³/mol. The Hall–Kier alpha value is -2.69. The molecule has 0 radical (unpaired) electrons. The van der Waals surface area contributed by atoms with Crippen LogP contribution in [0, 0.1) is 5.82 Å². The summed E-state index contributed by atoms with van der Waals surface area (Å²) in [5, 5.41) is 2.95. The molecule has 130 valence electrons. The van der Waals surface area contributed by atoms with Crippen LogP contribution >= 0.6 is 0 Å². The molecule has 0 unspecified atom stereocenters. The summed E-state index contributed by atoms with van der Waals surface area (Å²) in [5.41, 5.74) is 3.02. The van der Waals surface area contributed by atoms with Gasteiger partial charge in [-0.1, -0.05) is 31.2 Å². The molecule has 4 nitrogen and oxygen atoms in total. The van der Waals surface area contributed by atoms with Gasteiger partial charge in [0.25, 0.3) is 0 Å². The van der Waals surface area contributed by atoms with Crippen molar-refractivity contribution in [2.24, 2.45) is 7.05 Å². The molecule has 2 aromatic carbocycles. The summed E-state index contributed by atoms with van der Waals surface area (Å²) >= 11 is 0. The minimum atomic E-state index is -0.261. The van der Waals surface area contributed by atoms with E-state index in [0.717, 1.165) is 22.4 Å². The van der Waals surface area contributed by atoms with Crippen LogP contribution in [0.25, 0.3) is 11.0 Å². The van der Waals surface area contributed by atoms with Crippen molar-refractivity contribution in [3.8, 4) is 0 Å². The monoisotopic (exact) mass is 339 g/mol. The van der Waals surface area contributed by atoms with Gasteiger partial charge in [-0.3, -0.25) is 4.79 Å². The van der Waals surface area contributed by atoms with Crippen LogP contribution in [0.3, 0.4) is 0 Å². The standard InChI is InChI=1S/C20H22FN3O/c1-14(15-7-9-16(21)10-8-15)13-20(25)22-12-11-19-23-17-5-3-4-6-18(17)24(19)2/h3-10,14H,11-13H2,1-2H3,(H,22,25)/t14-/m1/s1. The molecule has 0 aliphatic heterocycles. The zero-order valence-electron chi connectivity index (χ0n) is 14.5. The zero-order valence-corrected chi connectivity index (χ0v) is 14.5. The van der Waals surface area contributed by atoms with E-state index >= 15 is 0 Å². The highest BCUT2D eigenvalue weighted by Crippen LogP contribution is 2.19. The van der Waals surface area contributed by atoms with E-state index in [-0.39, 0.29) is 17.6 Å². The number of carbonyl (C=O) groups is 1. The minimum absolute atomic E-state index is 0.00408. The number of imidazole rings is 1. The summed E-state index contributed by atoms with van der Waals surface area (Å²) in [6.07, 6.45) is 1.07. The normalized spacial score (nSPS) is 12.3. The highest BCUT2D eigenvalue weighted by atomic mass is 19.1. The Labute approximate surface area is 146 Å². The average molecular weight is 339 g/mol. The summed E-state index contributed by atoms with van der Waals surface area (Å²) in [5.74, 6) is 0.739. The van der Waals surface area contributed by atoms with Crippen molar-refractivity contribution >= 4 is 16.9 Å². The number of hydrogen-bond acceptors (Lipinski definition) is 2. The summed E-state index contributed by atoms with van der Waals surface area (Å²) < 4.78 is 15.0. The number of hydrogen-bond donors (Lipinski definition) is 1. The molecule has 1 atom stereocenters. The summed E-state index contributed by atoms with van der Waals surface area (Å²) in [7, 11) is 1.99. The number of aromatic nitrogens is 2. The van der Waals surface area contributed by atoms with Gasteiger partial charge in [0.15, 0.2) is 0 Å². The Morgan fingerprint density at radius 2 is 1.92 bits per heavy atom. The Bertz CT molecular complexity index is 870. The summed E-state index contributed by atoms with van der Waals surface area (Å²) in [4.78, 5) is 16.7. The fourth-order valence-corrected chi connectivity index (χ4v) is 2.99. The highest BCUT2D eigenvalue weighted by molar-refractivity contribution is 5.77. The molecule has 1 N–H and O–H groups in total. The van der Waals surface area contributed by atoms with Gasteiger partial charge in [0.1, 0.15) is 11.6 Å². The number of nitrogens with zero attached hydrogens (tertiary/aromatic N) is 2. The zero-order chi connectivity index (χ0) is 17.8. The first-order chi connectivity index (χ1) is 12.0. The fourth-order valence-electron chi connectivity index (χ4n) is 2.99. The second kappa shape index (κ2) is 7.47. The SMILES string of the molecule is C[C@H](CC(=O)NCCc1nc2ccccc2n1C)c1ccc(F)cc1. The van der Waals surface area contributed by atoms with E-state index in [1.165, 1.54) is 12.1 Å². The minimum Gasteiger partial charge on any atom is -0.356 e. The van der Waals surface area contributed by atoms with Crippen LogP contribution in [0.5, 0.6) is 0 Å². The topological polar surface area (TPSA) is 46.9 Å². The van der Waals surface area contributed by atoms with Crippen LogP contribution in [0.1, 0.15) is 30.7 Å². The Morgan fingerprint density at radius 1 is 1.20 bits per heavy atom. The molecule has 0 aliphatic rings. The van der Waals surface area contributed by atoms with E-state index in [0.29, 0.717) is 19.4 Å². The smallest absolute Gasteiger partial charge is 0.220 e. The Morgan fingerprint density at radius 3 is 2.64 bits per heavy atom. The molecule has 0 bridgehead atoms. The number of benzene rings is 2. The first-order valence-corrected chi connectivity index (χ1v) is 8.47. The van der Waals surface area contributed by atoms with Crippen molar-refractivity contribution in [3.63, 3.8) is 0 Å². The number of nitrogens with one attached hydrogen (secondary N) is 1. The number of amides is 1. The number of aryl methyl sites for hydroxylation is 1. The second-order valence-corrected chi connectivity index (χ2v) is 6.33. The van der Waals surface area contributed by atoms with E-state index in [1.54, 1.807) is 12.1 Å². The van der Waals surface area contributed by atoms with Crippen LogP contribution in [0.4, 0.5) is 4.39 Å². The first-order valence-electron chi connectivity index (χ1n) is 8.47. The molecular weight excluding hydrogens is 317 g/mol. The number of rotatable bonds is 6. The van der Waals surface area contributed by atoms with E-state index < -0.39 is 0 Å². The van der Waals surface area contributed by atoms with Crippen molar-refractivity contribution in [1.29, 1.82) is 0 Å². The van der Waals surface area contributed by atoms with Crippen LogP contribution in [-0.4, -0.2) is 22.0 Å². The van der Waals surface area contributed by atoms with Crippen molar-refractivity contribution in [3.05, 3.63) is 65.7 Å². The van der Waals surface area contributed by atoms with Crippen LogP contribution in [0.2, 0.25) is 0 Å². The molecule has 0 fully saturated rings. The van der Waals surface area contributed by atoms with Crippen molar-refractivity contribution in [2.45, 2.75) is 25.7 Å². The molecule has 1 amide bonds. The maximum atomic E-state index is 13.0. The Kier molecular flexibility index (Phi) is 5.12. The predicted octanol–water partition coefficient (Wildman–Crippen LogP) is 3.56. The quantitative estimate of drug-likeness (QED) is 0.746. The van der Waals surface area contributed by atoms with Gasteiger partial charge in [-0.15, -0.1) is 0 Å². The largest absolute Gasteiger partial charge is 0.356 e. The molecule has 0 spiro atoms. The van der Waals surface area contributed by atoms with Gasteiger partial charge in [0, 0.05) is 26.4 Å². The number of para-hydroxylation sites is 2. The third-order valence-electron chi connectivity index (χ3n) is 4.48. The summed E-state index contributed by atoms with van der Waals surface area (Å²) in [6, 6.07) is 14.3. The molecule has 0 aliphatic carbocycles. The van der Waals surface area contributed by atoms with Gasteiger partial charge in [0.2, 0.25) is 5.91 Å². The van der Waals surface area contributed by atoms with Gasteiger partial charge in [-0.05, 0) is 35.7 Å². The molecular formula is C20H22FN3O. The van der Waals surface area contributed by atoms with Gasteiger partial charge < -0.3 is 9.88 Å². The number of halogens is 1. The molecule has 3 aromatic rings. The molecule has 0 saturated heterocycles. The van der Waals surface area contributed by atoms with Crippen LogP contribution in [-0.2, 0) is 18.3 Å². The van der Waals surface area contributed by atoms with E-state index in [1.807, 2.05) is 38.2 Å². The van der Waals surface area contributed by atoms with E-state index in [2.05, 4.69) is 14.9 Å². The average Bonchev–Trinajstić information content (AvgIpc) is 2.92. The van der Waals surface area contributed by atoms with Gasteiger partial charge in [-0.2, -0.15) is 0 Å². The highest BCUT2D eigenvalue weighted by Gasteiger charge is 2.12. The van der Waals surface area contributed by atoms with Gasteiger partial charge >= 0.3 is 0 Å². The van der Waals surface area contributed by atoms with Crippen molar-refractivity contribution in [2.75, 3.05) is 6.54 Å². The second-order valence-electron chi connectivity index (χ2n) is 6.33. The Balaban J connectivity index is 1.52. The lowest BCUT2D eigenvalue weighted by Crippen LogP contribution is -2.27. The molecule has 1 heterocycles. The molecule has 3 rings (SSSR count). The first kappa shape index (κ1) is 17.1. The fraction of sp³-hybridized carbons (Fsp3) is 0.300. The lowest BCUT2D eigenvalue weighted by Gasteiger charge is -2.12. The molecule has 0 saturated carbocycles. The van der Waals surface area contributed by atoms with Crippen LogP contribution in [0.15, 0.2) is 48.5 Å². The van der Waals surface area contributed by atoms with Crippen molar-refractivity contribution < 1.29 is 9.18 Å². The lowest BCUT2D eigenvalue weighted by molar-refractivity contribution is -0.121. The maximum Gasteiger partial charge on any atom is 0.220 e. The molecule has 25 heavy (non-hydrogen) atoms. The maximum absolute atomic E-state index is 13.0. The van der Waals surface area contributed by atoms with Gasteiger partial charge in [0.05, 0.1) is 11.0 Å². The van der Waals surface area contributed by atoms with Crippen molar-refractivity contribution in [1.82, 2.24) is 14.9 Å². The molecule has 5 heteroatoms. The van der Waals surface area contributed by atoms with E-state index in [4.69, 9.17) is 0 Å². The number of fused-ring (bicyclic) bond motifs is 1. The van der Waals surface area contributed by atoms with Crippen LogP contribution < -0.4 is 5.32 Å². The summed E-state index contributed by atoms with van der Waals surface area (Å²) in [6.45, 7) is 2.52. The van der Waals surface area contributed by atoms with Gasteiger partial charge in [-0.25, -0.2) is 9.37 Å². The molecule has 1 aromatic heterocycles. The number of carbonyl (C=O) groups excluding carboxylic acids is 1. The third kappa shape index (κ3) is 4.05. The third-order valence-corrected chi connectivity index (χ3v) is 4.48. The van der Waals surface area contributed by atoms with E-state index in [9.17, 15) is 9.18 Å².